The van der Waals surface area contributed by atoms with Gasteiger partial charge in [0.15, 0.2) is 0 Å². The molecular formula is C12H11ClF2O. The predicted octanol–water partition coefficient (Wildman–Crippen LogP) is 3.15. The monoisotopic (exact) mass is 244 g/mol. The zero-order chi connectivity index (χ0) is 11.8. The van der Waals surface area contributed by atoms with Crippen LogP contribution >= 0.6 is 11.6 Å². The summed E-state index contributed by atoms with van der Waals surface area (Å²) in [4.78, 5) is 0. The molecule has 0 saturated carbocycles. The molecule has 4 heteroatoms. The van der Waals surface area contributed by atoms with Crippen molar-refractivity contribution in [2.45, 2.75) is 6.42 Å². The second-order valence-electron chi connectivity index (χ2n) is 2.95. The molecule has 0 unspecified atom stereocenters. The minimum atomic E-state index is -0.607. The molecule has 0 aliphatic carbocycles. The number of ether oxygens (including phenoxy) is 1. The van der Waals surface area contributed by atoms with Crippen molar-refractivity contribution in [1.29, 1.82) is 0 Å². The van der Waals surface area contributed by atoms with Crippen molar-refractivity contribution >= 4 is 11.6 Å². The van der Waals surface area contributed by atoms with Gasteiger partial charge in [-0.2, -0.15) is 0 Å². The van der Waals surface area contributed by atoms with Crippen LogP contribution < -0.4 is 4.74 Å². The lowest BCUT2D eigenvalue weighted by molar-refractivity contribution is 0.272. The molecular weight excluding hydrogens is 234 g/mol. The predicted molar refractivity (Wildman–Crippen MR) is 60.1 cm³/mol. The summed E-state index contributed by atoms with van der Waals surface area (Å²) in [5.74, 6) is 5.81. The fourth-order valence-corrected chi connectivity index (χ4v) is 1.18. The van der Waals surface area contributed by atoms with E-state index in [0.29, 0.717) is 17.9 Å². The van der Waals surface area contributed by atoms with E-state index in [1.807, 2.05) is 0 Å². The third-order valence-electron chi connectivity index (χ3n) is 1.67. The van der Waals surface area contributed by atoms with E-state index >= 15 is 0 Å². The highest BCUT2D eigenvalue weighted by Crippen LogP contribution is 2.15. The molecule has 0 aliphatic rings. The average Bonchev–Trinajstić information content (AvgIpc) is 2.26. The van der Waals surface area contributed by atoms with Crippen LogP contribution in [0.4, 0.5) is 8.78 Å². The third kappa shape index (κ3) is 4.50. The zero-order valence-corrected chi connectivity index (χ0v) is 9.36. The van der Waals surface area contributed by atoms with Gasteiger partial charge in [0, 0.05) is 23.9 Å². The van der Waals surface area contributed by atoms with Crippen molar-refractivity contribution in [1.82, 2.24) is 0 Å². The number of rotatable bonds is 4. The van der Waals surface area contributed by atoms with Gasteiger partial charge in [-0.05, 0) is 12.1 Å². The van der Waals surface area contributed by atoms with Gasteiger partial charge < -0.3 is 4.74 Å². The molecule has 0 amide bonds. The smallest absolute Gasteiger partial charge is 0.128 e. The number of hydrogen-bond acceptors (Lipinski definition) is 1. The van der Waals surface area contributed by atoms with Crippen molar-refractivity contribution in [3.63, 3.8) is 0 Å². The molecule has 0 aromatic heterocycles. The summed E-state index contributed by atoms with van der Waals surface area (Å²) < 4.78 is 29.9. The lowest BCUT2D eigenvalue weighted by Gasteiger charge is -2.03. The Bertz CT molecular complexity index is 396. The van der Waals surface area contributed by atoms with Crippen LogP contribution in [0.5, 0.6) is 5.75 Å². The van der Waals surface area contributed by atoms with Gasteiger partial charge in [-0.25, -0.2) is 8.78 Å². The van der Waals surface area contributed by atoms with Gasteiger partial charge >= 0.3 is 0 Å². The number of benzene rings is 1. The van der Waals surface area contributed by atoms with E-state index in [4.69, 9.17) is 16.3 Å². The Labute approximate surface area is 98.4 Å². The van der Waals surface area contributed by atoms with Gasteiger partial charge in [0.05, 0.1) is 0 Å². The first kappa shape index (κ1) is 12.8. The summed E-state index contributed by atoms with van der Waals surface area (Å²) in [5.41, 5.74) is 0.499. The molecule has 1 nitrogen and oxygen atoms in total. The first-order chi connectivity index (χ1) is 7.76. The molecule has 1 aromatic rings. The summed E-state index contributed by atoms with van der Waals surface area (Å²) in [6, 6.07) is 4.06. The van der Waals surface area contributed by atoms with E-state index in [9.17, 15) is 8.78 Å². The van der Waals surface area contributed by atoms with Crippen molar-refractivity contribution in [3.05, 3.63) is 29.6 Å². The lowest BCUT2D eigenvalue weighted by atomic mass is 10.2. The van der Waals surface area contributed by atoms with Crippen LogP contribution in [0.15, 0.2) is 18.2 Å². The Morgan fingerprint density at radius 1 is 1.31 bits per heavy atom. The van der Waals surface area contributed by atoms with E-state index in [0.717, 1.165) is 0 Å². The summed E-state index contributed by atoms with van der Waals surface area (Å²) in [5, 5.41) is 0. The van der Waals surface area contributed by atoms with Gasteiger partial charge in [0.2, 0.25) is 0 Å². The molecule has 1 aromatic carbocycles. The van der Waals surface area contributed by atoms with Crippen molar-refractivity contribution in [2.24, 2.45) is 0 Å². The third-order valence-corrected chi connectivity index (χ3v) is 1.86. The largest absolute Gasteiger partial charge is 0.491 e. The van der Waals surface area contributed by atoms with E-state index in [1.54, 1.807) is 6.07 Å². The highest BCUT2D eigenvalue weighted by molar-refractivity contribution is 6.18. The highest BCUT2D eigenvalue weighted by atomic mass is 35.5. The van der Waals surface area contributed by atoms with Crippen LogP contribution in [0, 0.1) is 17.7 Å². The normalized spacial score (nSPS) is 9.44. The SMILES string of the molecule is FCCOc1cc(F)cc(C#CCCCl)c1. The minimum absolute atomic E-state index is 0.0853. The van der Waals surface area contributed by atoms with E-state index in [-0.39, 0.29) is 12.4 Å². The van der Waals surface area contributed by atoms with Gasteiger partial charge in [0.1, 0.15) is 24.8 Å². The van der Waals surface area contributed by atoms with Crippen LogP contribution in [0.2, 0.25) is 0 Å². The van der Waals surface area contributed by atoms with Crippen LogP contribution in [-0.2, 0) is 0 Å². The molecule has 0 N–H and O–H groups in total. The van der Waals surface area contributed by atoms with Gasteiger partial charge in [-0.15, -0.1) is 11.6 Å². The quantitative estimate of drug-likeness (QED) is 0.584. The van der Waals surface area contributed by atoms with E-state index < -0.39 is 12.5 Å². The fourth-order valence-electron chi connectivity index (χ4n) is 1.09. The summed E-state index contributed by atoms with van der Waals surface area (Å²) in [6.45, 7) is -0.693. The molecule has 0 fully saturated rings. The van der Waals surface area contributed by atoms with Crippen molar-refractivity contribution in [3.8, 4) is 17.6 Å². The van der Waals surface area contributed by atoms with E-state index in [2.05, 4.69) is 11.8 Å². The summed E-state index contributed by atoms with van der Waals surface area (Å²) >= 11 is 5.46. The molecule has 16 heavy (non-hydrogen) atoms. The van der Waals surface area contributed by atoms with Crippen LogP contribution in [0.1, 0.15) is 12.0 Å². The Hall–Kier alpha value is -1.27. The van der Waals surface area contributed by atoms with Crippen molar-refractivity contribution in [2.75, 3.05) is 19.2 Å². The van der Waals surface area contributed by atoms with Gasteiger partial charge in [0.25, 0.3) is 0 Å². The molecule has 0 bridgehead atoms. The van der Waals surface area contributed by atoms with Gasteiger partial charge in [-0.1, -0.05) is 11.8 Å². The second kappa shape index (κ2) is 7.08. The van der Waals surface area contributed by atoms with E-state index in [1.165, 1.54) is 12.1 Å². The molecule has 0 aliphatic heterocycles. The highest BCUT2D eigenvalue weighted by Gasteiger charge is 2.00. The maximum Gasteiger partial charge on any atom is 0.128 e. The number of halogens is 3. The van der Waals surface area contributed by atoms with Crippen LogP contribution in [0.3, 0.4) is 0 Å². The lowest BCUT2D eigenvalue weighted by Crippen LogP contribution is -1.99. The summed E-state index contributed by atoms with van der Waals surface area (Å²) in [7, 11) is 0. The maximum atomic E-state index is 13.1. The standard InChI is InChI=1S/C12H11ClF2O/c13-4-2-1-3-10-7-11(15)9-12(8-10)16-6-5-14/h7-9H,2,4-6H2. The average molecular weight is 245 g/mol. The first-order valence-corrected chi connectivity index (χ1v) is 5.34. The Balaban J connectivity index is 2.78. The first-order valence-electron chi connectivity index (χ1n) is 4.80. The molecule has 1 rings (SSSR count). The molecule has 0 saturated heterocycles. The second-order valence-corrected chi connectivity index (χ2v) is 3.33. The summed E-state index contributed by atoms with van der Waals surface area (Å²) in [6.07, 6.45) is 0.540. The van der Waals surface area contributed by atoms with Crippen LogP contribution in [-0.4, -0.2) is 19.2 Å². The number of alkyl halides is 2. The fraction of sp³-hybridized carbons (Fsp3) is 0.333. The van der Waals surface area contributed by atoms with Crippen molar-refractivity contribution < 1.29 is 13.5 Å². The number of hydrogen-bond donors (Lipinski definition) is 0. The van der Waals surface area contributed by atoms with Crippen LogP contribution in [0.25, 0.3) is 0 Å². The molecule has 0 spiro atoms. The Morgan fingerprint density at radius 3 is 2.81 bits per heavy atom. The molecule has 0 atom stereocenters. The zero-order valence-electron chi connectivity index (χ0n) is 8.60. The Morgan fingerprint density at radius 2 is 2.12 bits per heavy atom. The molecule has 0 heterocycles. The molecule has 86 valence electrons. The minimum Gasteiger partial charge on any atom is -0.491 e. The molecule has 0 radical (unpaired) electrons. The van der Waals surface area contributed by atoms with Gasteiger partial charge in [-0.3, -0.25) is 0 Å². The topological polar surface area (TPSA) is 9.23 Å². The maximum absolute atomic E-state index is 13.1. The Kier molecular flexibility index (Phi) is 5.66.